The van der Waals surface area contributed by atoms with Gasteiger partial charge in [0.15, 0.2) is 0 Å². The van der Waals surface area contributed by atoms with Crippen LogP contribution in [0.5, 0.6) is 0 Å². The Balaban J connectivity index is 1.85. The molecule has 7 heteroatoms. The molecule has 0 unspecified atom stereocenters. The lowest BCUT2D eigenvalue weighted by Gasteiger charge is -2.13. The summed E-state index contributed by atoms with van der Waals surface area (Å²) in [5.74, 6) is 0. The van der Waals surface area contributed by atoms with Crippen molar-refractivity contribution in [3.63, 3.8) is 0 Å². The Morgan fingerprint density at radius 3 is 2.40 bits per heavy atom. The zero-order valence-electron chi connectivity index (χ0n) is 13.7. The van der Waals surface area contributed by atoms with Gasteiger partial charge in [-0.2, -0.15) is 13.2 Å². The topological polar surface area (TPSA) is 50.4 Å². The lowest BCUT2D eigenvalue weighted by Crippen LogP contribution is -2.30. The standard InChI is InChI=1S/C18H19F3N2O2/c1-25-12-13-6-8-15(9-7-13)23-17(24)22-11-10-14-4-2-3-5-16(14)18(19,20)21/h2-9H,10-12H2,1H3,(H2,22,23,24). The Hall–Kier alpha value is -2.54. The Morgan fingerprint density at radius 1 is 1.08 bits per heavy atom. The number of halogens is 3. The van der Waals surface area contributed by atoms with Crippen LogP contribution in [0.2, 0.25) is 0 Å². The van der Waals surface area contributed by atoms with E-state index in [9.17, 15) is 18.0 Å². The quantitative estimate of drug-likeness (QED) is 0.818. The summed E-state index contributed by atoms with van der Waals surface area (Å²) in [4.78, 5) is 11.8. The molecule has 2 aromatic carbocycles. The van der Waals surface area contributed by atoms with Gasteiger partial charge in [-0.1, -0.05) is 30.3 Å². The largest absolute Gasteiger partial charge is 0.416 e. The molecule has 0 aliphatic heterocycles. The second kappa shape index (κ2) is 8.53. The number of benzene rings is 2. The van der Waals surface area contributed by atoms with Crippen molar-refractivity contribution < 1.29 is 22.7 Å². The first-order valence-electron chi connectivity index (χ1n) is 7.68. The Bertz CT molecular complexity index is 700. The summed E-state index contributed by atoms with van der Waals surface area (Å²) in [5.41, 5.74) is 1.04. The molecule has 0 aromatic heterocycles. The van der Waals surface area contributed by atoms with Crippen molar-refractivity contribution in [2.45, 2.75) is 19.2 Å². The number of rotatable bonds is 6. The minimum absolute atomic E-state index is 0.0931. The lowest BCUT2D eigenvalue weighted by atomic mass is 10.0. The molecular formula is C18H19F3N2O2. The van der Waals surface area contributed by atoms with Gasteiger partial charge < -0.3 is 15.4 Å². The van der Waals surface area contributed by atoms with Gasteiger partial charge >= 0.3 is 12.2 Å². The molecule has 0 bridgehead atoms. The number of urea groups is 1. The molecule has 0 saturated carbocycles. The van der Waals surface area contributed by atoms with Gasteiger partial charge in [0.2, 0.25) is 0 Å². The van der Waals surface area contributed by atoms with Gasteiger partial charge in [0, 0.05) is 19.3 Å². The minimum atomic E-state index is -4.40. The van der Waals surface area contributed by atoms with Crippen LogP contribution in [0.4, 0.5) is 23.7 Å². The van der Waals surface area contributed by atoms with Crippen LogP contribution in [0.15, 0.2) is 48.5 Å². The molecule has 0 aliphatic carbocycles. The molecule has 0 saturated heterocycles. The van der Waals surface area contributed by atoms with E-state index in [1.54, 1.807) is 25.3 Å². The van der Waals surface area contributed by atoms with Crippen LogP contribution in [0, 0.1) is 0 Å². The Morgan fingerprint density at radius 2 is 1.76 bits per heavy atom. The number of hydrogen-bond donors (Lipinski definition) is 2. The molecule has 25 heavy (non-hydrogen) atoms. The first-order valence-corrected chi connectivity index (χ1v) is 7.68. The fourth-order valence-corrected chi connectivity index (χ4v) is 2.35. The van der Waals surface area contributed by atoms with E-state index in [2.05, 4.69) is 10.6 Å². The molecule has 2 aromatic rings. The zero-order valence-corrected chi connectivity index (χ0v) is 13.7. The maximum Gasteiger partial charge on any atom is 0.416 e. The van der Waals surface area contributed by atoms with E-state index < -0.39 is 17.8 Å². The van der Waals surface area contributed by atoms with E-state index in [0.717, 1.165) is 11.6 Å². The first-order chi connectivity index (χ1) is 11.9. The average molecular weight is 352 g/mol. The first kappa shape index (κ1) is 18.8. The van der Waals surface area contributed by atoms with Gasteiger partial charge in [-0.15, -0.1) is 0 Å². The highest BCUT2D eigenvalue weighted by Crippen LogP contribution is 2.31. The van der Waals surface area contributed by atoms with E-state index in [-0.39, 0.29) is 18.5 Å². The van der Waals surface area contributed by atoms with Crippen molar-refractivity contribution in [1.29, 1.82) is 0 Å². The van der Waals surface area contributed by atoms with Gasteiger partial charge in [0.1, 0.15) is 0 Å². The van der Waals surface area contributed by atoms with Gasteiger partial charge in [0.05, 0.1) is 12.2 Å². The number of carbonyl (C=O) groups is 1. The second-order valence-electron chi connectivity index (χ2n) is 5.42. The SMILES string of the molecule is COCc1ccc(NC(=O)NCCc2ccccc2C(F)(F)F)cc1. The van der Waals surface area contributed by atoms with Crippen molar-refractivity contribution >= 4 is 11.7 Å². The highest BCUT2D eigenvalue weighted by Gasteiger charge is 2.32. The highest BCUT2D eigenvalue weighted by molar-refractivity contribution is 5.89. The number of ether oxygens (including phenoxy) is 1. The monoisotopic (exact) mass is 352 g/mol. The lowest BCUT2D eigenvalue weighted by molar-refractivity contribution is -0.138. The molecule has 0 heterocycles. The van der Waals surface area contributed by atoms with Gasteiger partial charge in [-0.25, -0.2) is 4.79 Å². The third kappa shape index (κ3) is 5.79. The zero-order chi connectivity index (χ0) is 18.3. The minimum Gasteiger partial charge on any atom is -0.380 e. The Labute approximate surface area is 144 Å². The summed E-state index contributed by atoms with van der Waals surface area (Å²) in [7, 11) is 1.59. The van der Waals surface area contributed by atoms with Gasteiger partial charge in [-0.05, 0) is 35.7 Å². The molecule has 0 atom stereocenters. The van der Waals surface area contributed by atoms with Gasteiger partial charge in [-0.3, -0.25) is 0 Å². The number of nitrogens with one attached hydrogen (secondary N) is 2. The summed E-state index contributed by atoms with van der Waals surface area (Å²) >= 11 is 0. The number of anilines is 1. The number of hydrogen-bond acceptors (Lipinski definition) is 2. The van der Waals surface area contributed by atoms with E-state index in [1.807, 2.05) is 12.1 Å². The van der Waals surface area contributed by atoms with Crippen molar-refractivity contribution in [1.82, 2.24) is 5.32 Å². The number of alkyl halides is 3. The van der Waals surface area contributed by atoms with Crippen molar-refractivity contribution in [2.24, 2.45) is 0 Å². The predicted molar refractivity (Wildman–Crippen MR) is 89.3 cm³/mol. The average Bonchev–Trinajstić information content (AvgIpc) is 2.56. The van der Waals surface area contributed by atoms with Crippen LogP contribution in [0.25, 0.3) is 0 Å². The second-order valence-corrected chi connectivity index (χ2v) is 5.42. The maximum absolute atomic E-state index is 12.9. The third-order valence-electron chi connectivity index (χ3n) is 3.53. The normalized spacial score (nSPS) is 11.2. The van der Waals surface area contributed by atoms with E-state index in [1.165, 1.54) is 12.1 Å². The molecule has 0 aliphatic rings. The molecule has 2 amide bonds. The molecule has 0 spiro atoms. The summed E-state index contributed by atoms with van der Waals surface area (Å²) in [6.45, 7) is 0.575. The van der Waals surface area contributed by atoms with Crippen LogP contribution in [0.3, 0.4) is 0 Å². The van der Waals surface area contributed by atoms with Crippen molar-refractivity contribution in [2.75, 3.05) is 19.0 Å². The molecule has 2 N–H and O–H groups in total. The van der Waals surface area contributed by atoms with Crippen LogP contribution >= 0.6 is 0 Å². The molecular weight excluding hydrogens is 333 g/mol. The number of carbonyl (C=O) groups excluding carboxylic acids is 1. The summed E-state index contributed by atoms with van der Waals surface area (Å²) in [5, 5.41) is 5.19. The predicted octanol–water partition coefficient (Wildman–Crippen LogP) is 4.22. The molecule has 2 rings (SSSR count). The van der Waals surface area contributed by atoms with Crippen LogP contribution in [0.1, 0.15) is 16.7 Å². The fourth-order valence-electron chi connectivity index (χ4n) is 2.35. The highest BCUT2D eigenvalue weighted by atomic mass is 19.4. The smallest absolute Gasteiger partial charge is 0.380 e. The fraction of sp³-hybridized carbons (Fsp3) is 0.278. The summed E-state index contributed by atoms with van der Waals surface area (Å²) in [6.07, 6.45) is -4.31. The van der Waals surface area contributed by atoms with E-state index in [4.69, 9.17) is 4.74 Å². The van der Waals surface area contributed by atoms with Crippen molar-refractivity contribution in [3.8, 4) is 0 Å². The van der Waals surface area contributed by atoms with Gasteiger partial charge in [0.25, 0.3) is 0 Å². The van der Waals surface area contributed by atoms with Crippen LogP contribution < -0.4 is 10.6 Å². The summed E-state index contributed by atoms with van der Waals surface area (Å²) < 4.78 is 43.7. The molecule has 0 fully saturated rings. The van der Waals surface area contributed by atoms with Crippen LogP contribution in [-0.4, -0.2) is 19.7 Å². The van der Waals surface area contributed by atoms with E-state index >= 15 is 0 Å². The maximum atomic E-state index is 12.9. The van der Waals surface area contributed by atoms with E-state index in [0.29, 0.717) is 12.3 Å². The molecule has 0 radical (unpaired) electrons. The van der Waals surface area contributed by atoms with Crippen LogP contribution in [-0.2, 0) is 23.9 Å². The molecule has 4 nitrogen and oxygen atoms in total. The molecule has 134 valence electrons. The number of methoxy groups -OCH3 is 1. The summed E-state index contributed by atoms with van der Waals surface area (Å²) in [6, 6.07) is 12.0. The Kier molecular flexibility index (Phi) is 6.41. The van der Waals surface area contributed by atoms with Crippen molar-refractivity contribution in [3.05, 3.63) is 65.2 Å². The third-order valence-corrected chi connectivity index (χ3v) is 3.53. The number of amides is 2.